The van der Waals surface area contributed by atoms with Gasteiger partial charge in [-0.15, -0.1) is 11.6 Å². The molecule has 1 nitrogen and oxygen atoms in total. The van der Waals surface area contributed by atoms with Crippen molar-refractivity contribution in [2.75, 3.05) is 5.88 Å². The predicted molar refractivity (Wildman–Crippen MR) is 47.2 cm³/mol. The van der Waals surface area contributed by atoms with Crippen LogP contribution in [0, 0.1) is 10.7 Å². The van der Waals surface area contributed by atoms with E-state index in [1.54, 1.807) is 0 Å². The number of thiocyanates is 1. The minimum atomic E-state index is 0.339. The topological polar surface area (TPSA) is 23.8 Å². The quantitative estimate of drug-likeness (QED) is 0.476. The Hall–Kier alpha value is 0.130. The minimum Gasteiger partial charge on any atom is -0.185 e. The van der Waals surface area contributed by atoms with E-state index in [2.05, 4.69) is 12.3 Å². The number of nitriles is 1. The molecule has 0 amide bonds. The normalized spacial score (nSPS) is 12.5. The molecule has 1 atom stereocenters. The molecule has 0 fully saturated rings. The highest BCUT2D eigenvalue weighted by Gasteiger charge is 2.05. The van der Waals surface area contributed by atoms with E-state index in [9.17, 15) is 0 Å². The van der Waals surface area contributed by atoms with Crippen molar-refractivity contribution in [2.45, 2.75) is 31.4 Å². The lowest BCUT2D eigenvalue weighted by atomic mass is 10.2. The van der Waals surface area contributed by atoms with Gasteiger partial charge in [-0.1, -0.05) is 19.8 Å². The van der Waals surface area contributed by atoms with E-state index in [1.807, 2.05) is 0 Å². The van der Waals surface area contributed by atoms with Crippen LogP contribution in [0.3, 0.4) is 0 Å². The van der Waals surface area contributed by atoms with Crippen molar-refractivity contribution in [1.29, 1.82) is 5.26 Å². The summed E-state index contributed by atoms with van der Waals surface area (Å²) in [6.07, 6.45) is 3.42. The largest absolute Gasteiger partial charge is 0.185 e. The van der Waals surface area contributed by atoms with Gasteiger partial charge >= 0.3 is 0 Å². The van der Waals surface area contributed by atoms with Gasteiger partial charge in [0, 0.05) is 11.1 Å². The van der Waals surface area contributed by atoms with Gasteiger partial charge in [0.1, 0.15) is 5.40 Å². The molecule has 0 N–H and O–H groups in total. The third kappa shape index (κ3) is 4.96. The molecular formula is C7H12ClNS. The SMILES string of the molecule is CCCCC(CCl)SC#N. The van der Waals surface area contributed by atoms with Crippen LogP contribution in [0.2, 0.25) is 0 Å². The summed E-state index contributed by atoms with van der Waals surface area (Å²) in [5.41, 5.74) is 0. The van der Waals surface area contributed by atoms with Crippen molar-refractivity contribution in [2.24, 2.45) is 0 Å². The summed E-state index contributed by atoms with van der Waals surface area (Å²) >= 11 is 6.90. The molecule has 0 saturated heterocycles. The summed E-state index contributed by atoms with van der Waals surface area (Å²) < 4.78 is 0. The summed E-state index contributed by atoms with van der Waals surface area (Å²) in [6, 6.07) is 0. The van der Waals surface area contributed by atoms with Crippen LogP contribution in [0.15, 0.2) is 0 Å². The first kappa shape index (κ1) is 10.1. The standard InChI is InChI=1S/C7H12ClNS/c1-2-3-4-7(5-8)10-6-9/h7H,2-5H2,1H3. The Morgan fingerprint density at radius 1 is 1.70 bits per heavy atom. The number of unbranched alkanes of at least 4 members (excludes halogenated alkanes) is 1. The summed E-state index contributed by atoms with van der Waals surface area (Å²) in [7, 11) is 0. The van der Waals surface area contributed by atoms with E-state index in [0.717, 1.165) is 6.42 Å². The fraction of sp³-hybridized carbons (Fsp3) is 0.857. The second kappa shape index (κ2) is 7.24. The van der Waals surface area contributed by atoms with Gasteiger partial charge in [-0.05, 0) is 18.2 Å². The number of hydrogen-bond donors (Lipinski definition) is 0. The van der Waals surface area contributed by atoms with E-state index < -0.39 is 0 Å². The molecule has 0 saturated carbocycles. The van der Waals surface area contributed by atoms with Gasteiger partial charge in [0.25, 0.3) is 0 Å². The molecule has 0 spiro atoms. The zero-order valence-corrected chi connectivity index (χ0v) is 7.71. The molecule has 0 aromatic rings. The van der Waals surface area contributed by atoms with Crippen LogP contribution in [-0.4, -0.2) is 11.1 Å². The van der Waals surface area contributed by atoms with Crippen LogP contribution >= 0.6 is 23.4 Å². The number of hydrogen-bond acceptors (Lipinski definition) is 2. The van der Waals surface area contributed by atoms with Crippen molar-refractivity contribution in [3.63, 3.8) is 0 Å². The third-order valence-electron chi connectivity index (χ3n) is 1.27. The van der Waals surface area contributed by atoms with Crippen LogP contribution in [0.4, 0.5) is 0 Å². The van der Waals surface area contributed by atoms with Gasteiger partial charge in [-0.3, -0.25) is 0 Å². The van der Waals surface area contributed by atoms with Crippen LogP contribution in [0.1, 0.15) is 26.2 Å². The molecule has 0 rings (SSSR count). The molecule has 1 unspecified atom stereocenters. The Morgan fingerprint density at radius 2 is 2.40 bits per heavy atom. The number of rotatable bonds is 5. The number of thioether (sulfide) groups is 1. The Balaban J connectivity index is 3.32. The number of alkyl halides is 1. The smallest absolute Gasteiger partial charge is 0.133 e. The van der Waals surface area contributed by atoms with Crippen molar-refractivity contribution < 1.29 is 0 Å². The fourth-order valence-electron chi connectivity index (χ4n) is 0.674. The van der Waals surface area contributed by atoms with Crippen molar-refractivity contribution >= 4 is 23.4 Å². The molecule has 0 aliphatic carbocycles. The Morgan fingerprint density at radius 3 is 2.80 bits per heavy atom. The monoisotopic (exact) mass is 177 g/mol. The maximum atomic E-state index is 8.32. The number of nitrogens with zero attached hydrogens (tertiary/aromatic N) is 1. The predicted octanol–water partition coefficient (Wildman–Crippen LogP) is 3.00. The molecule has 0 aromatic heterocycles. The summed E-state index contributed by atoms with van der Waals surface area (Å²) in [6.45, 7) is 2.14. The fourth-order valence-corrected chi connectivity index (χ4v) is 1.51. The van der Waals surface area contributed by atoms with E-state index >= 15 is 0 Å². The lowest BCUT2D eigenvalue weighted by Crippen LogP contribution is -2.02. The second-order valence-corrected chi connectivity index (χ2v) is 3.52. The highest BCUT2D eigenvalue weighted by Crippen LogP contribution is 2.16. The van der Waals surface area contributed by atoms with Gasteiger partial charge < -0.3 is 0 Å². The summed E-state index contributed by atoms with van der Waals surface area (Å²) in [4.78, 5) is 0. The average Bonchev–Trinajstić information content (AvgIpc) is 1.98. The molecule has 0 heterocycles. The maximum absolute atomic E-state index is 8.32. The van der Waals surface area contributed by atoms with Crippen molar-refractivity contribution in [3.05, 3.63) is 0 Å². The lowest BCUT2D eigenvalue weighted by molar-refractivity contribution is 0.717. The number of halogens is 1. The summed E-state index contributed by atoms with van der Waals surface area (Å²) in [5, 5.41) is 10.7. The summed E-state index contributed by atoms with van der Waals surface area (Å²) in [5.74, 6) is 0.595. The first-order valence-electron chi connectivity index (χ1n) is 3.45. The lowest BCUT2D eigenvalue weighted by Gasteiger charge is -2.05. The maximum Gasteiger partial charge on any atom is 0.133 e. The van der Waals surface area contributed by atoms with Crippen LogP contribution in [0.25, 0.3) is 0 Å². The van der Waals surface area contributed by atoms with Gasteiger partial charge in [-0.2, -0.15) is 5.26 Å². The molecule has 58 valence electrons. The zero-order chi connectivity index (χ0) is 7.82. The van der Waals surface area contributed by atoms with Gasteiger partial charge in [0.15, 0.2) is 0 Å². The van der Waals surface area contributed by atoms with Crippen LogP contribution in [0.5, 0.6) is 0 Å². The molecular weight excluding hydrogens is 166 g/mol. The Labute approximate surface area is 71.7 Å². The highest BCUT2D eigenvalue weighted by atomic mass is 35.5. The Kier molecular flexibility index (Phi) is 7.33. The molecule has 0 bridgehead atoms. The molecule has 0 aliphatic rings. The van der Waals surface area contributed by atoms with Crippen LogP contribution in [-0.2, 0) is 0 Å². The van der Waals surface area contributed by atoms with Gasteiger partial charge in [0.2, 0.25) is 0 Å². The Bertz CT molecular complexity index is 111. The van der Waals surface area contributed by atoms with Crippen molar-refractivity contribution in [3.8, 4) is 5.40 Å². The van der Waals surface area contributed by atoms with E-state index in [4.69, 9.17) is 16.9 Å². The third-order valence-corrected chi connectivity index (χ3v) is 2.67. The van der Waals surface area contributed by atoms with E-state index in [-0.39, 0.29) is 0 Å². The molecule has 3 heteroatoms. The average molecular weight is 178 g/mol. The first-order chi connectivity index (χ1) is 4.85. The first-order valence-corrected chi connectivity index (χ1v) is 4.87. The second-order valence-electron chi connectivity index (χ2n) is 2.13. The van der Waals surface area contributed by atoms with E-state index in [0.29, 0.717) is 11.1 Å². The van der Waals surface area contributed by atoms with Crippen LogP contribution < -0.4 is 0 Å². The molecule has 0 radical (unpaired) electrons. The minimum absolute atomic E-state index is 0.339. The molecule has 0 aliphatic heterocycles. The zero-order valence-electron chi connectivity index (χ0n) is 6.14. The van der Waals surface area contributed by atoms with Gasteiger partial charge in [0.05, 0.1) is 0 Å². The molecule has 0 aromatic carbocycles. The molecule has 10 heavy (non-hydrogen) atoms. The van der Waals surface area contributed by atoms with Gasteiger partial charge in [-0.25, -0.2) is 0 Å². The van der Waals surface area contributed by atoms with E-state index in [1.165, 1.54) is 24.6 Å². The van der Waals surface area contributed by atoms with Crippen molar-refractivity contribution in [1.82, 2.24) is 0 Å². The highest BCUT2D eigenvalue weighted by molar-refractivity contribution is 8.04.